The lowest BCUT2D eigenvalue weighted by Crippen LogP contribution is -2.50. The van der Waals surface area contributed by atoms with Crippen LogP contribution < -0.4 is 0 Å². The molecule has 0 fully saturated rings. The van der Waals surface area contributed by atoms with Crippen molar-refractivity contribution >= 4 is 17.9 Å². The molecule has 8 heteroatoms. The molecule has 61 heavy (non-hydrogen) atoms. The van der Waals surface area contributed by atoms with Gasteiger partial charge in [0.15, 0.2) is 12.1 Å². The fourth-order valence-corrected chi connectivity index (χ4v) is 6.63. The van der Waals surface area contributed by atoms with Gasteiger partial charge in [-0.15, -0.1) is 0 Å². The van der Waals surface area contributed by atoms with Gasteiger partial charge >= 0.3 is 17.9 Å². The Hall–Kier alpha value is -3.49. The maximum atomic E-state index is 12.7. The Balaban J connectivity index is 4.27. The molecule has 0 aromatic heterocycles. The highest BCUT2D eigenvalue weighted by molar-refractivity contribution is 5.72. The van der Waals surface area contributed by atoms with Gasteiger partial charge in [-0.05, 0) is 83.5 Å². The number of hydrogen-bond acceptors (Lipinski definition) is 6. The Bertz CT molecular complexity index is 1270. The molecule has 1 N–H and O–H groups in total. The van der Waals surface area contributed by atoms with Crippen molar-refractivity contribution < 1.29 is 38.2 Å². The SMILES string of the molecule is CC/C=C/C/C=C/C/C=C/C/C=C/CCCCCCCCCCCCC(=O)OCC(COCCC(C(=O)O)[N+](C)(C)C)OC(=O)CCCCCC/C=C/C/C=C/C/C=C/CC. The molecule has 0 saturated heterocycles. The standard InChI is InChI=1S/C53H89NO7/c1-6-8-10-12-14-16-18-20-22-23-24-25-26-27-28-29-30-32-33-35-37-39-41-43-51(55)60-48-49(47-59-46-45-50(53(57)58)54(3,4)5)61-52(56)44-42-40-38-36-34-31-21-19-17-15-13-11-9-7-2/h8-11,14-17,20-22,24-25,31,49-50H,6-7,12-13,18-19,23,26-30,32-48H2,1-5H3/p+1/b10-8+,11-9+,16-14+,17-15+,22-20+,25-24+,31-21+. The number of quaternary nitrogens is 1. The number of carbonyl (C=O) groups excluding carboxylic acids is 2. The summed E-state index contributed by atoms with van der Waals surface area (Å²) in [5.41, 5.74) is 0. The van der Waals surface area contributed by atoms with Crippen LogP contribution >= 0.6 is 0 Å². The van der Waals surface area contributed by atoms with Crippen molar-refractivity contribution in [3.63, 3.8) is 0 Å². The monoisotopic (exact) mass is 853 g/mol. The van der Waals surface area contributed by atoms with Gasteiger partial charge in [0, 0.05) is 19.3 Å². The average Bonchev–Trinajstić information content (AvgIpc) is 3.22. The quantitative estimate of drug-likeness (QED) is 0.0283. The first-order valence-corrected chi connectivity index (χ1v) is 24.1. The maximum Gasteiger partial charge on any atom is 0.362 e. The Morgan fingerprint density at radius 1 is 0.492 bits per heavy atom. The molecule has 0 spiro atoms. The van der Waals surface area contributed by atoms with E-state index in [-0.39, 0.29) is 36.2 Å². The zero-order valence-corrected chi connectivity index (χ0v) is 39.6. The molecule has 0 aromatic rings. The molecule has 0 aliphatic carbocycles. The van der Waals surface area contributed by atoms with Gasteiger partial charge in [-0.3, -0.25) is 9.59 Å². The smallest absolute Gasteiger partial charge is 0.362 e. The molecule has 0 bridgehead atoms. The number of carboxylic acids is 1. The van der Waals surface area contributed by atoms with Gasteiger partial charge < -0.3 is 23.8 Å². The third-order valence-electron chi connectivity index (χ3n) is 10.3. The van der Waals surface area contributed by atoms with E-state index in [1.165, 1.54) is 51.4 Å². The van der Waals surface area contributed by atoms with Crippen molar-refractivity contribution in [1.29, 1.82) is 0 Å². The first-order chi connectivity index (χ1) is 29.6. The highest BCUT2D eigenvalue weighted by atomic mass is 16.6. The first kappa shape index (κ1) is 57.5. The van der Waals surface area contributed by atoms with Gasteiger partial charge in [-0.2, -0.15) is 0 Å². The van der Waals surface area contributed by atoms with E-state index in [1.54, 1.807) is 0 Å². The van der Waals surface area contributed by atoms with E-state index >= 15 is 0 Å². The van der Waals surface area contributed by atoms with Crippen LogP contribution in [0.3, 0.4) is 0 Å². The Morgan fingerprint density at radius 3 is 1.28 bits per heavy atom. The lowest BCUT2D eigenvalue weighted by molar-refractivity contribution is -0.887. The number of likely N-dealkylation sites (N-methyl/N-ethyl adjacent to an activating group) is 1. The third-order valence-corrected chi connectivity index (χ3v) is 10.3. The van der Waals surface area contributed by atoms with Gasteiger partial charge in [-0.25, -0.2) is 4.79 Å². The topological polar surface area (TPSA) is 99.1 Å². The number of nitrogens with zero attached hydrogens (tertiary/aromatic N) is 1. The van der Waals surface area contributed by atoms with Crippen LogP contribution in [0.4, 0.5) is 0 Å². The van der Waals surface area contributed by atoms with Crippen LogP contribution in [0.5, 0.6) is 0 Å². The van der Waals surface area contributed by atoms with Crippen LogP contribution in [0, 0.1) is 0 Å². The number of ether oxygens (including phenoxy) is 3. The second-order valence-electron chi connectivity index (χ2n) is 17.0. The van der Waals surface area contributed by atoms with Gasteiger partial charge in [0.25, 0.3) is 0 Å². The molecule has 0 aromatic carbocycles. The van der Waals surface area contributed by atoms with E-state index in [4.69, 9.17) is 14.2 Å². The molecular formula is C53H90NO7+. The minimum Gasteiger partial charge on any atom is -0.477 e. The molecule has 0 aliphatic rings. The zero-order valence-electron chi connectivity index (χ0n) is 39.6. The van der Waals surface area contributed by atoms with E-state index in [0.29, 0.717) is 19.3 Å². The fraction of sp³-hybridized carbons (Fsp3) is 0.679. The number of esters is 2. The van der Waals surface area contributed by atoms with E-state index in [2.05, 4.69) is 98.9 Å². The van der Waals surface area contributed by atoms with Crippen LogP contribution in [0.25, 0.3) is 0 Å². The first-order valence-electron chi connectivity index (χ1n) is 24.1. The molecule has 348 valence electrons. The summed E-state index contributed by atoms with van der Waals surface area (Å²) in [6, 6.07) is -0.624. The molecule has 0 aliphatic heterocycles. The van der Waals surface area contributed by atoms with Crippen molar-refractivity contribution in [3.05, 3.63) is 85.1 Å². The molecule has 0 heterocycles. The second-order valence-corrected chi connectivity index (χ2v) is 17.0. The van der Waals surface area contributed by atoms with E-state index in [1.807, 2.05) is 21.1 Å². The number of allylic oxidation sites excluding steroid dienone is 14. The summed E-state index contributed by atoms with van der Waals surface area (Å²) in [5, 5.41) is 9.64. The van der Waals surface area contributed by atoms with Crippen molar-refractivity contribution in [3.8, 4) is 0 Å². The summed E-state index contributed by atoms with van der Waals surface area (Å²) >= 11 is 0. The molecule has 0 amide bonds. The summed E-state index contributed by atoms with van der Waals surface area (Å²) in [7, 11) is 5.51. The number of aliphatic carboxylic acids is 1. The Labute approximate surface area is 373 Å². The molecule has 0 saturated carbocycles. The summed E-state index contributed by atoms with van der Waals surface area (Å²) in [6.07, 6.45) is 56.3. The molecule has 2 unspecified atom stereocenters. The van der Waals surface area contributed by atoms with Crippen LogP contribution in [0.15, 0.2) is 85.1 Å². The number of carboxylic acid groups (broad SMARTS) is 1. The van der Waals surface area contributed by atoms with Gasteiger partial charge in [-0.1, -0.05) is 163 Å². The number of unbranched alkanes of at least 4 members (excludes halogenated alkanes) is 14. The molecule has 0 radical (unpaired) electrons. The van der Waals surface area contributed by atoms with Crippen LogP contribution in [-0.4, -0.2) is 80.6 Å². The summed E-state index contributed by atoms with van der Waals surface area (Å²) in [4.78, 5) is 37.1. The van der Waals surface area contributed by atoms with E-state index in [9.17, 15) is 19.5 Å². The predicted molar refractivity (Wildman–Crippen MR) is 256 cm³/mol. The van der Waals surface area contributed by atoms with Crippen LogP contribution in [0.2, 0.25) is 0 Å². The molecular weight excluding hydrogens is 763 g/mol. The average molecular weight is 853 g/mol. The second kappa shape index (κ2) is 43.2. The Morgan fingerprint density at radius 2 is 0.869 bits per heavy atom. The van der Waals surface area contributed by atoms with E-state index in [0.717, 1.165) is 96.3 Å². The van der Waals surface area contributed by atoms with Gasteiger partial charge in [0.1, 0.15) is 6.61 Å². The lowest BCUT2D eigenvalue weighted by Gasteiger charge is -2.31. The summed E-state index contributed by atoms with van der Waals surface area (Å²) in [6.45, 7) is 4.48. The third kappa shape index (κ3) is 41.6. The fourth-order valence-electron chi connectivity index (χ4n) is 6.63. The number of rotatable bonds is 42. The molecule has 8 nitrogen and oxygen atoms in total. The lowest BCUT2D eigenvalue weighted by atomic mass is 10.1. The van der Waals surface area contributed by atoms with Crippen molar-refractivity contribution in [1.82, 2.24) is 0 Å². The molecule has 2 atom stereocenters. The van der Waals surface area contributed by atoms with Crippen LogP contribution in [-0.2, 0) is 28.6 Å². The highest BCUT2D eigenvalue weighted by Crippen LogP contribution is 2.14. The van der Waals surface area contributed by atoms with Gasteiger partial charge in [0.05, 0.1) is 34.4 Å². The predicted octanol–water partition coefficient (Wildman–Crippen LogP) is 13.7. The number of hydrogen-bond donors (Lipinski definition) is 1. The maximum absolute atomic E-state index is 12.7. The van der Waals surface area contributed by atoms with Crippen molar-refractivity contribution in [2.45, 2.75) is 193 Å². The normalized spacial score (nSPS) is 13.7. The van der Waals surface area contributed by atoms with E-state index < -0.39 is 18.1 Å². The van der Waals surface area contributed by atoms with Crippen molar-refractivity contribution in [2.75, 3.05) is 41.0 Å². The Kier molecular flexibility index (Phi) is 40.7. The minimum atomic E-state index is -0.882. The summed E-state index contributed by atoms with van der Waals surface area (Å²) < 4.78 is 17.3. The van der Waals surface area contributed by atoms with Gasteiger partial charge in [0.2, 0.25) is 0 Å². The molecule has 0 rings (SSSR count). The highest BCUT2D eigenvalue weighted by Gasteiger charge is 2.31. The number of carbonyl (C=O) groups is 3. The summed E-state index contributed by atoms with van der Waals surface area (Å²) in [5.74, 6) is -1.51. The van der Waals surface area contributed by atoms with Crippen molar-refractivity contribution in [2.24, 2.45) is 0 Å². The minimum absolute atomic E-state index is 0.0464. The largest absolute Gasteiger partial charge is 0.477 e. The zero-order chi connectivity index (χ0) is 44.9. The van der Waals surface area contributed by atoms with Crippen LogP contribution in [0.1, 0.15) is 181 Å².